The van der Waals surface area contributed by atoms with Crippen molar-refractivity contribution in [3.05, 3.63) is 17.8 Å². The molecule has 54 valence electrons. The van der Waals surface area contributed by atoms with Crippen LogP contribution in [0.15, 0.2) is 15.8 Å². The van der Waals surface area contributed by atoms with Gasteiger partial charge >= 0.3 is 0 Å². The van der Waals surface area contributed by atoms with E-state index in [4.69, 9.17) is 4.42 Å². The van der Waals surface area contributed by atoms with Gasteiger partial charge in [0.2, 0.25) is 0 Å². The third kappa shape index (κ3) is 1.07. The molecule has 3 heteroatoms. The first kappa shape index (κ1) is 6.99. The summed E-state index contributed by atoms with van der Waals surface area (Å²) in [6.07, 6.45) is 1.43. The minimum Gasteiger partial charge on any atom is -0.442 e. The number of hydrogen-bond donors (Lipinski definition) is 0. The highest BCUT2D eigenvalue weighted by molar-refractivity contribution is 5.96. The molecule has 0 saturated carbocycles. The summed E-state index contributed by atoms with van der Waals surface area (Å²) in [4.78, 5) is 7.91. The Morgan fingerprint density at radius 1 is 1.70 bits per heavy atom. The number of nitrogens with zero attached hydrogens (tertiary/aromatic N) is 2. The summed E-state index contributed by atoms with van der Waals surface area (Å²) in [6, 6.07) is 0. The maximum absolute atomic E-state index is 5.08. The standard InChI is InChI=1S/C7H10N2O/c1-5(8-3)7-6(2)9-4-10-7/h4H,1-3H3. The van der Waals surface area contributed by atoms with E-state index in [9.17, 15) is 0 Å². The van der Waals surface area contributed by atoms with Crippen molar-refractivity contribution in [1.82, 2.24) is 4.98 Å². The second kappa shape index (κ2) is 2.64. The zero-order valence-electron chi connectivity index (χ0n) is 6.38. The number of rotatable bonds is 1. The number of hydrogen-bond acceptors (Lipinski definition) is 3. The molecule has 0 spiro atoms. The molecule has 1 aromatic rings. The highest BCUT2D eigenvalue weighted by Gasteiger charge is 2.04. The first-order valence-corrected chi connectivity index (χ1v) is 3.09. The van der Waals surface area contributed by atoms with Gasteiger partial charge in [0, 0.05) is 7.05 Å². The van der Waals surface area contributed by atoms with E-state index in [1.54, 1.807) is 7.05 Å². The topological polar surface area (TPSA) is 38.4 Å². The van der Waals surface area contributed by atoms with Gasteiger partial charge in [-0.3, -0.25) is 4.99 Å². The molecule has 10 heavy (non-hydrogen) atoms. The van der Waals surface area contributed by atoms with Crippen molar-refractivity contribution in [3.63, 3.8) is 0 Å². The van der Waals surface area contributed by atoms with Gasteiger partial charge in [0.15, 0.2) is 12.2 Å². The molecule has 0 aliphatic carbocycles. The van der Waals surface area contributed by atoms with Crippen LogP contribution in [0, 0.1) is 6.92 Å². The summed E-state index contributed by atoms with van der Waals surface area (Å²) in [5.74, 6) is 0.780. The Balaban J connectivity index is 3.05. The molecule has 0 aliphatic rings. The molecule has 1 rings (SSSR count). The summed E-state index contributed by atoms with van der Waals surface area (Å²) in [5.41, 5.74) is 1.78. The number of oxazole rings is 1. The maximum atomic E-state index is 5.08. The molecule has 3 nitrogen and oxygen atoms in total. The van der Waals surface area contributed by atoms with Gasteiger partial charge in [-0.1, -0.05) is 0 Å². The van der Waals surface area contributed by atoms with E-state index in [1.165, 1.54) is 6.39 Å². The summed E-state index contributed by atoms with van der Waals surface area (Å²) < 4.78 is 5.08. The van der Waals surface area contributed by atoms with Crippen LogP contribution in [0.3, 0.4) is 0 Å². The van der Waals surface area contributed by atoms with Crippen LogP contribution in [0.25, 0.3) is 0 Å². The molecule has 0 saturated heterocycles. The normalized spacial score (nSPS) is 12.1. The van der Waals surface area contributed by atoms with E-state index in [0.717, 1.165) is 17.2 Å². The van der Waals surface area contributed by atoms with Gasteiger partial charge in [-0.05, 0) is 13.8 Å². The lowest BCUT2D eigenvalue weighted by Crippen LogP contribution is -1.93. The van der Waals surface area contributed by atoms with Gasteiger partial charge in [-0.15, -0.1) is 0 Å². The molecular formula is C7H10N2O. The Bertz CT molecular complexity index is 250. The van der Waals surface area contributed by atoms with Gasteiger partial charge in [-0.25, -0.2) is 4.98 Å². The highest BCUT2D eigenvalue weighted by Crippen LogP contribution is 2.05. The molecule has 0 N–H and O–H groups in total. The zero-order valence-corrected chi connectivity index (χ0v) is 6.38. The molecule has 1 heterocycles. The van der Waals surface area contributed by atoms with Crippen LogP contribution < -0.4 is 0 Å². The van der Waals surface area contributed by atoms with Gasteiger partial charge < -0.3 is 4.42 Å². The van der Waals surface area contributed by atoms with Crippen LogP contribution >= 0.6 is 0 Å². The summed E-state index contributed by atoms with van der Waals surface area (Å²) in [7, 11) is 1.73. The van der Waals surface area contributed by atoms with E-state index < -0.39 is 0 Å². The van der Waals surface area contributed by atoms with Crippen molar-refractivity contribution < 1.29 is 4.42 Å². The Morgan fingerprint density at radius 3 is 2.80 bits per heavy atom. The van der Waals surface area contributed by atoms with E-state index in [1.807, 2.05) is 13.8 Å². The lowest BCUT2D eigenvalue weighted by molar-refractivity contribution is 0.547. The van der Waals surface area contributed by atoms with Gasteiger partial charge in [0.1, 0.15) is 0 Å². The van der Waals surface area contributed by atoms with E-state index >= 15 is 0 Å². The number of aryl methyl sites for hydroxylation is 1. The predicted octanol–water partition coefficient (Wildman–Crippen LogP) is 1.42. The smallest absolute Gasteiger partial charge is 0.181 e. The first-order valence-electron chi connectivity index (χ1n) is 3.09. The van der Waals surface area contributed by atoms with Gasteiger partial charge in [0.05, 0.1) is 11.4 Å². The number of aliphatic imine (C=N–C) groups is 1. The van der Waals surface area contributed by atoms with Crippen molar-refractivity contribution in [2.45, 2.75) is 13.8 Å². The zero-order chi connectivity index (χ0) is 7.56. The third-order valence-electron chi connectivity index (χ3n) is 1.41. The predicted molar refractivity (Wildman–Crippen MR) is 39.4 cm³/mol. The Hall–Kier alpha value is -1.12. The fraction of sp³-hybridized carbons (Fsp3) is 0.429. The van der Waals surface area contributed by atoms with Crippen molar-refractivity contribution in [3.8, 4) is 0 Å². The van der Waals surface area contributed by atoms with Crippen molar-refractivity contribution in [1.29, 1.82) is 0 Å². The van der Waals surface area contributed by atoms with E-state index in [-0.39, 0.29) is 0 Å². The molecule has 0 aliphatic heterocycles. The Morgan fingerprint density at radius 2 is 2.40 bits per heavy atom. The van der Waals surface area contributed by atoms with Crippen molar-refractivity contribution >= 4 is 5.71 Å². The maximum Gasteiger partial charge on any atom is 0.181 e. The van der Waals surface area contributed by atoms with E-state index in [2.05, 4.69) is 9.98 Å². The molecule has 0 aromatic carbocycles. The average molecular weight is 138 g/mol. The first-order chi connectivity index (χ1) is 4.75. The quantitative estimate of drug-likeness (QED) is 0.550. The van der Waals surface area contributed by atoms with Crippen molar-refractivity contribution in [2.75, 3.05) is 7.05 Å². The molecule has 0 fully saturated rings. The SMILES string of the molecule is CN=C(C)c1ocnc1C. The van der Waals surface area contributed by atoms with Crippen LogP contribution in [0.2, 0.25) is 0 Å². The van der Waals surface area contributed by atoms with Gasteiger partial charge in [-0.2, -0.15) is 0 Å². The third-order valence-corrected chi connectivity index (χ3v) is 1.41. The fourth-order valence-electron chi connectivity index (χ4n) is 0.751. The molecular weight excluding hydrogens is 128 g/mol. The van der Waals surface area contributed by atoms with Crippen LogP contribution in [0.1, 0.15) is 18.4 Å². The summed E-state index contributed by atoms with van der Waals surface area (Å²) in [6.45, 7) is 3.79. The summed E-state index contributed by atoms with van der Waals surface area (Å²) in [5, 5.41) is 0. The molecule has 0 amide bonds. The fourth-order valence-corrected chi connectivity index (χ4v) is 0.751. The van der Waals surface area contributed by atoms with Gasteiger partial charge in [0.25, 0.3) is 0 Å². The average Bonchev–Trinajstić information content (AvgIpc) is 2.34. The minimum absolute atomic E-state index is 0.780. The highest BCUT2D eigenvalue weighted by atomic mass is 16.3. The van der Waals surface area contributed by atoms with Crippen LogP contribution in [0.5, 0.6) is 0 Å². The van der Waals surface area contributed by atoms with Crippen molar-refractivity contribution in [2.24, 2.45) is 4.99 Å². The molecule has 0 bridgehead atoms. The lowest BCUT2D eigenvalue weighted by atomic mass is 10.3. The van der Waals surface area contributed by atoms with E-state index in [0.29, 0.717) is 0 Å². The molecule has 0 radical (unpaired) electrons. The second-order valence-corrected chi connectivity index (χ2v) is 2.08. The monoisotopic (exact) mass is 138 g/mol. The summed E-state index contributed by atoms with van der Waals surface area (Å²) >= 11 is 0. The Labute approximate surface area is 59.8 Å². The molecule has 0 unspecified atom stereocenters. The lowest BCUT2D eigenvalue weighted by Gasteiger charge is -1.91. The Kier molecular flexibility index (Phi) is 1.85. The van der Waals surface area contributed by atoms with Crippen LogP contribution in [-0.2, 0) is 0 Å². The minimum atomic E-state index is 0.780. The number of aromatic nitrogens is 1. The molecule has 1 aromatic heterocycles. The van der Waals surface area contributed by atoms with Crippen LogP contribution in [-0.4, -0.2) is 17.7 Å². The van der Waals surface area contributed by atoms with Crippen LogP contribution in [0.4, 0.5) is 0 Å². The largest absolute Gasteiger partial charge is 0.442 e. The molecule has 0 atom stereocenters. The second-order valence-electron chi connectivity index (χ2n) is 2.08.